The van der Waals surface area contributed by atoms with Crippen LogP contribution in [-0.2, 0) is 32.1 Å². The number of methoxy groups -OCH3 is 1. The van der Waals surface area contributed by atoms with Crippen LogP contribution in [0.2, 0.25) is 0 Å². The molecule has 6 heteroatoms. The van der Waals surface area contributed by atoms with Crippen molar-refractivity contribution in [1.29, 1.82) is 0 Å². The Morgan fingerprint density at radius 2 is 1.35 bits per heavy atom. The van der Waals surface area contributed by atoms with E-state index in [-0.39, 0.29) is 17.6 Å². The second-order valence-corrected chi connectivity index (χ2v) is 9.17. The van der Waals surface area contributed by atoms with Gasteiger partial charge in [-0.15, -0.1) is 0 Å². The molecule has 0 aliphatic heterocycles. The molecule has 0 saturated heterocycles. The monoisotopic (exact) mass is 475 g/mol. The molecule has 0 fully saturated rings. The van der Waals surface area contributed by atoms with Gasteiger partial charge in [0, 0.05) is 19.2 Å². The van der Waals surface area contributed by atoms with Crippen molar-refractivity contribution in [2.75, 3.05) is 12.9 Å². The molecule has 3 rings (SSSR count). The number of thioether (sulfide) groups is 1. The van der Waals surface area contributed by atoms with Gasteiger partial charge < -0.3 is 9.64 Å². The van der Waals surface area contributed by atoms with Crippen LogP contribution in [0.4, 0.5) is 0 Å². The Morgan fingerprint density at radius 1 is 0.824 bits per heavy atom. The summed E-state index contributed by atoms with van der Waals surface area (Å²) in [5.74, 6) is -0.860. The highest BCUT2D eigenvalue weighted by atomic mass is 32.2. The fraction of sp³-hybridized carbons (Fsp3) is 0.250. The van der Waals surface area contributed by atoms with E-state index in [9.17, 15) is 14.4 Å². The van der Waals surface area contributed by atoms with Gasteiger partial charge in [-0.2, -0.15) is 0 Å². The third-order valence-corrected chi connectivity index (χ3v) is 6.47. The Hall–Kier alpha value is -3.38. The Bertz CT molecular complexity index is 1070. The number of nitrogens with zero attached hydrogens (tertiary/aromatic N) is 1. The van der Waals surface area contributed by atoms with E-state index in [0.29, 0.717) is 17.7 Å². The summed E-state index contributed by atoms with van der Waals surface area (Å²) in [5, 5.41) is -0.0481. The minimum atomic E-state index is -0.903. The van der Waals surface area contributed by atoms with Gasteiger partial charge in [-0.05, 0) is 23.1 Å². The van der Waals surface area contributed by atoms with E-state index in [1.807, 2.05) is 91.0 Å². The van der Waals surface area contributed by atoms with Crippen LogP contribution in [0.15, 0.2) is 91.0 Å². The molecule has 5 nitrogen and oxygen atoms in total. The second kappa shape index (κ2) is 12.8. The zero-order valence-corrected chi connectivity index (χ0v) is 20.2. The van der Waals surface area contributed by atoms with E-state index in [4.69, 9.17) is 4.74 Å². The van der Waals surface area contributed by atoms with E-state index in [1.54, 1.807) is 4.90 Å². The summed E-state index contributed by atoms with van der Waals surface area (Å²) in [7, 11) is 1.33. The summed E-state index contributed by atoms with van der Waals surface area (Å²) in [6.45, 7) is 1.74. The van der Waals surface area contributed by atoms with E-state index in [2.05, 4.69) is 0 Å². The van der Waals surface area contributed by atoms with Crippen molar-refractivity contribution in [2.45, 2.75) is 25.9 Å². The first-order valence-electron chi connectivity index (χ1n) is 11.1. The molecule has 0 aromatic heterocycles. The van der Waals surface area contributed by atoms with Crippen molar-refractivity contribution in [2.24, 2.45) is 5.92 Å². The van der Waals surface area contributed by atoms with Gasteiger partial charge in [-0.1, -0.05) is 103 Å². The van der Waals surface area contributed by atoms with Gasteiger partial charge >= 0.3 is 5.97 Å². The van der Waals surface area contributed by atoms with E-state index >= 15 is 0 Å². The fourth-order valence-electron chi connectivity index (χ4n) is 3.84. The second-order valence-electron chi connectivity index (χ2n) is 7.98. The van der Waals surface area contributed by atoms with Crippen molar-refractivity contribution in [3.8, 4) is 0 Å². The average Bonchev–Trinajstić information content (AvgIpc) is 2.87. The SMILES string of the molecule is COC(=O)[C@H](c1ccccc1)N(Cc1ccccc1)C(=O)C(CSC(C)=O)Cc1ccccc1. The van der Waals surface area contributed by atoms with Crippen LogP contribution >= 0.6 is 11.8 Å². The molecule has 2 atom stereocenters. The molecular formula is C28H29NO4S. The highest BCUT2D eigenvalue weighted by Gasteiger charge is 2.36. The normalized spacial score (nSPS) is 12.4. The van der Waals surface area contributed by atoms with Gasteiger partial charge in [0.25, 0.3) is 0 Å². The number of amides is 1. The molecule has 0 saturated carbocycles. The maximum atomic E-state index is 14.1. The molecule has 1 unspecified atom stereocenters. The molecule has 0 radical (unpaired) electrons. The predicted molar refractivity (Wildman–Crippen MR) is 135 cm³/mol. The summed E-state index contributed by atoms with van der Waals surface area (Å²) < 4.78 is 5.14. The number of rotatable bonds is 10. The van der Waals surface area contributed by atoms with E-state index in [0.717, 1.165) is 22.9 Å². The van der Waals surface area contributed by atoms with Crippen LogP contribution in [-0.4, -0.2) is 34.8 Å². The smallest absolute Gasteiger partial charge is 0.333 e. The lowest BCUT2D eigenvalue weighted by Crippen LogP contribution is -2.43. The minimum Gasteiger partial charge on any atom is -0.467 e. The number of carbonyl (C=O) groups excluding carboxylic acids is 3. The largest absolute Gasteiger partial charge is 0.467 e. The molecule has 0 heterocycles. The average molecular weight is 476 g/mol. The lowest BCUT2D eigenvalue weighted by atomic mass is 9.96. The summed E-state index contributed by atoms with van der Waals surface area (Å²) in [4.78, 5) is 40.5. The Kier molecular flexibility index (Phi) is 9.47. The summed E-state index contributed by atoms with van der Waals surface area (Å²) in [6, 6.07) is 27.6. The van der Waals surface area contributed by atoms with Gasteiger partial charge in [0.05, 0.1) is 13.0 Å². The number of hydrogen-bond donors (Lipinski definition) is 0. The van der Waals surface area contributed by atoms with Gasteiger partial charge in [0.15, 0.2) is 11.2 Å². The molecule has 0 aliphatic carbocycles. The van der Waals surface area contributed by atoms with Crippen LogP contribution in [0, 0.1) is 5.92 Å². The van der Waals surface area contributed by atoms with E-state index in [1.165, 1.54) is 14.0 Å². The highest BCUT2D eigenvalue weighted by molar-refractivity contribution is 8.13. The summed E-state index contributed by atoms with van der Waals surface area (Å²) >= 11 is 1.13. The molecule has 3 aromatic carbocycles. The maximum Gasteiger partial charge on any atom is 0.333 e. The zero-order chi connectivity index (χ0) is 24.3. The molecule has 34 heavy (non-hydrogen) atoms. The maximum absolute atomic E-state index is 14.1. The van der Waals surface area contributed by atoms with Gasteiger partial charge in [-0.25, -0.2) is 4.79 Å². The summed E-state index contributed by atoms with van der Waals surface area (Å²) in [5.41, 5.74) is 2.58. The van der Waals surface area contributed by atoms with Crippen LogP contribution in [0.1, 0.15) is 29.7 Å². The highest BCUT2D eigenvalue weighted by Crippen LogP contribution is 2.28. The molecule has 176 valence electrons. The van der Waals surface area contributed by atoms with Crippen molar-refractivity contribution < 1.29 is 19.1 Å². The van der Waals surface area contributed by atoms with Crippen molar-refractivity contribution in [3.63, 3.8) is 0 Å². The van der Waals surface area contributed by atoms with Crippen molar-refractivity contribution in [1.82, 2.24) is 4.90 Å². The molecular weight excluding hydrogens is 446 g/mol. The number of hydrogen-bond acceptors (Lipinski definition) is 5. The predicted octanol–water partition coefficient (Wildman–Crippen LogP) is 5.07. The number of ether oxygens (including phenoxy) is 1. The van der Waals surface area contributed by atoms with Gasteiger partial charge in [-0.3, -0.25) is 9.59 Å². The molecule has 3 aromatic rings. The Morgan fingerprint density at radius 3 is 1.88 bits per heavy atom. The zero-order valence-electron chi connectivity index (χ0n) is 19.4. The number of carbonyl (C=O) groups is 3. The van der Waals surface area contributed by atoms with Gasteiger partial charge in [0.2, 0.25) is 5.91 Å². The quantitative estimate of drug-likeness (QED) is 0.383. The minimum absolute atomic E-state index is 0.0481. The molecule has 0 N–H and O–H groups in total. The lowest BCUT2D eigenvalue weighted by molar-refractivity contribution is -0.155. The number of esters is 1. The standard InChI is InChI=1S/C28H29NO4S/c1-21(30)34-20-25(18-22-12-6-3-7-13-22)27(31)29(19-23-14-8-4-9-15-23)26(28(32)33-2)24-16-10-5-11-17-24/h3-17,25-26H,18-20H2,1-2H3/t25?,26-/m0/s1. The molecule has 1 amide bonds. The van der Waals surface area contributed by atoms with Crippen molar-refractivity contribution >= 4 is 28.8 Å². The van der Waals surface area contributed by atoms with Gasteiger partial charge in [0.1, 0.15) is 0 Å². The van der Waals surface area contributed by atoms with Crippen LogP contribution in [0.5, 0.6) is 0 Å². The molecule has 0 aliphatic rings. The topological polar surface area (TPSA) is 63.7 Å². The third-order valence-electron chi connectivity index (χ3n) is 5.49. The Labute approximate surface area is 205 Å². The first-order valence-corrected chi connectivity index (χ1v) is 12.1. The van der Waals surface area contributed by atoms with E-state index < -0.39 is 17.9 Å². The first-order chi connectivity index (χ1) is 16.5. The molecule has 0 spiro atoms. The third kappa shape index (κ3) is 7.06. The van der Waals surface area contributed by atoms with Crippen molar-refractivity contribution in [3.05, 3.63) is 108 Å². The summed E-state index contributed by atoms with van der Waals surface area (Å²) in [6.07, 6.45) is 0.466. The molecule has 0 bridgehead atoms. The van der Waals surface area contributed by atoms with Crippen LogP contribution in [0.3, 0.4) is 0 Å². The lowest BCUT2D eigenvalue weighted by Gasteiger charge is -2.33. The number of benzene rings is 3. The Balaban J connectivity index is 2.02. The fourth-order valence-corrected chi connectivity index (χ4v) is 4.53. The van der Waals surface area contributed by atoms with Crippen LogP contribution in [0.25, 0.3) is 0 Å². The first kappa shape index (κ1) is 25.2. The van der Waals surface area contributed by atoms with Crippen LogP contribution < -0.4 is 0 Å².